The van der Waals surface area contributed by atoms with Crippen molar-refractivity contribution in [1.82, 2.24) is 0 Å². The van der Waals surface area contributed by atoms with E-state index in [1.807, 2.05) is 0 Å². The molecule has 0 aliphatic rings. The topological polar surface area (TPSA) is 38.7 Å². The van der Waals surface area contributed by atoms with Gasteiger partial charge in [-0.1, -0.05) is 25.3 Å². The lowest BCUT2D eigenvalue weighted by molar-refractivity contribution is -0.0950. The molecular formula is C14H22O3. The molecule has 0 amide bonds. The molecule has 1 N–H and O–H groups in total. The number of aliphatic hydroxyl groups is 1. The normalized spacial score (nSPS) is 13.9. The summed E-state index contributed by atoms with van der Waals surface area (Å²) in [4.78, 5) is 0. The van der Waals surface area contributed by atoms with Gasteiger partial charge >= 0.3 is 0 Å². The summed E-state index contributed by atoms with van der Waals surface area (Å²) in [5, 5.41) is 9.94. The first-order chi connectivity index (χ1) is 7.97. The van der Waals surface area contributed by atoms with E-state index in [2.05, 4.69) is 19.7 Å². The lowest BCUT2D eigenvalue weighted by Gasteiger charge is -2.31. The van der Waals surface area contributed by atoms with Gasteiger partial charge in [-0.3, -0.25) is 0 Å². The third-order valence-corrected chi connectivity index (χ3v) is 2.18. The molecule has 0 heterocycles. The summed E-state index contributed by atoms with van der Waals surface area (Å²) >= 11 is 0. The van der Waals surface area contributed by atoms with Crippen LogP contribution in [0.2, 0.25) is 0 Å². The van der Waals surface area contributed by atoms with Crippen LogP contribution in [0.4, 0.5) is 0 Å². The minimum absolute atomic E-state index is 0.192. The standard InChI is InChI=1S/C14H22O3/c1-6-9-12(8-3)17-14(4,5)13(15)11-16-10-7-2/h6-9,13,15H,1-3,10-11H2,4-5H3/b12-9+. The van der Waals surface area contributed by atoms with Crippen LogP contribution in [0.15, 0.2) is 49.8 Å². The first-order valence-electron chi connectivity index (χ1n) is 5.48. The monoisotopic (exact) mass is 238 g/mol. The van der Waals surface area contributed by atoms with Crippen molar-refractivity contribution in [3.05, 3.63) is 49.8 Å². The van der Waals surface area contributed by atoms with Crippen LogP contribution in [-0.4, -0.2) is 30.0 Å². The second-order valence-corrected chi connectivity index (χ2v) is 4.06. The molecule has 0 aliphatic heterocycles. The Bertz CT molecular complexity index is 290. The highest BCUT2D eigenvalue weighted by Crippen LogP contribution is 2.20. The van der Waals surface area contributed by atoms with Gasteiger partial charge in [-0.25, -0.2) is 0 Å². The lowest BCUT2D eigenvalue weighted by atomic mass is 10.0. The van der Waals surface area contributed by atoms with Gasteiger partial charge in [0.15, 0.2) is 0 Å². The Kier molecular flexibility index (Phi) is 7.26. The highest BCUT2D eigenvalue weighted by molar-refractivity contribution is 5.15. The van der Waals surface area contributed by atoms with Crippen LogP contribution in [-0.2, 0) is 9.47 Å². The fourth-order valence-electron chi connectivity index (χ4n) is 1.10. The smallest absolute Gasteiger partial charge is 0.131 e. The maximum absolute atomic E-state index is 9.94. The maximum Gasteiger partial charge on any atom is 0.131 e. The van der Waals surface area contributed by atoms with E-state index >= 15 is 0 Å². The van der Waals surface area contributed by atoms with Crippen molar-refractivity contribution in [2.75, 3.05) is 13.2 Å². The molecular weight excluding hydrogens is 216 g/mol. The molecule has 0 saturated heterocycles. The van der Waals surface area contributed by atoms with Gasteiger partial charge in [-0.15, -0.1) is 6.58 Å². The van der Waals surface area contributed by atoms with Crippen LogP contribution >= 0.6 is 0 Å². The Morgan fingerprint density at radius 3 is 2.47 bits per heavy atom. The maximum atomic E-state index is 9.94. The average molecular weight is 238 g/mol. The van der Waals surface area contributed by atoms with E-state index in [1.54, 1.807) is 38.2 Å². The Hall–Kier alpha value is -1.32. The number of ether oxygens (including phenoxy) is 2. The molecule has 0 aliphatic carbocycles. The summed E-state index contributed by atoms with van der Waals surface area (Å²) in [5.74, 6) is 0.563. The Labute approximate surface area is 104 Å². The summed E-state index contributed by atoms with van der Waals surface area (Å²) in [6.07, 6.45) is 5.75. The van der Waals surface area contributed by atoms with E-state index in [1.165, 1.54) is 0 Å². The third kappa shape index (κ3) is 6.09. The van der Waals surface area contributed by atoms with Crippen LogP contribution in [0.5, 0.6) is 0 Å². The summed E-state index contributed by atoms with van der Waals surface area (Å²) in [6.45, 7) is 14.9. The van der Waals surface area contributed by atoms with E-state index in [-0.39, 0.29) is 6.61 Å². The van der Waals surface area contributed by atoms with Crippen molar-refractivity contribution < 1.29 is 14.6 Å². The van der Waals surface area contributed by atoms with Gasteiger partial charge in [0.1, 0.15) is 17.5 Å². The third-order valence-electron chi connectivity index (χ3n) is 2.18. The van der Waals surface area contributed by atoms with Crippen LogP contribution in [0.3, 0.4) is 0 Å². The average Bonchev–Trinajstić information content (AvgIpc) is 2.28. The predicted molar refractivity (Wildman–Crippen MR) is 70.7 cm³/mol. The largest absolute Gasteiger partial charge is 0.485 e. The molecule has 1 atom stereocenters. The number of hydrogen-bond acceptors (Lipinski definition) is 3. The lowest BCUT2D eigenvalue weighted by Crippen LogP contribution is -2.41. The first-order valence-corrected chi connectivity index (χ1v) is 5.48. The molecule has 0 bridgehead atoms. The molecule has 0 spiro atoms. The SMILES string of the molecule is C=C/C=C(\C=C)OC(C)(C)C(O)COCC=C. The van der Waals surface area contributed by atoms with Gasteiger partial charge in [0.05, 0.1) is 13.2 Å². The van der Waals surface area contributed by atoms with Crippen molar-refractivity contribution >= 4 is 0 Å². The van der Waals surface area contributed by atoms with E-state index in [9.17, 15) is 5.11 Å². The van der Waals surface area contributed by atoms with Gasteiger partial charge in [-0.05, 0) is 26.0 Å². The van der Waals surface area contributed by atoms with Crippen molar-refractivity contribution in [3.8, 4) is 0 Å². The molecule has 0 aromatic carbocycles. The van der Waals surface area contributed by atoms with Gasteiger partial charge in [0.2, 0.25) is 0 Å². The number of hydrogen-bond donors (Lipinski definition) is 1. The zero-order valence-electron chi connectivity index (χ0n) is 10.7. The van der Waals surface area contributed by atoms with Crippen LogP contribution in [0, 0.1) is 0 Å². The minimum Gasteiger partial charge on any atom is -0.485 e. The highest BCUT2D eigenvalue weighted by atomic mass is 16.5. The summed E-state index contributed by atoms with van der Waals surface area (Å²) in [6, 6.07) is 0. The Morgan fingerprint density at radius 2 is 2.00 bits per heavy atom. The second kappa shape index (κ2) is 7.87. The van der Waals surface area contributed by atoms with Crippen LogP contribution < -0.4 is 0 Å². The zero-order valence-corrected chi connectivity index (χ0v) is 10.7. The Balaban J connectivity index is 4.42. The highest BCUT2D eigenvalue weighted by Gasteiger charge is 2.30. The molecule has 0 rings (SSSR count). The number of rotatable bonds is 9. The predicted octanol–water partition coefficient (Wildman–Crippen LogP) is 2.60. The van der Waals surface area contributed by atoms with Crippen LogP contribution in [0.1, 0.15) is 13.8 Å². The zero-order chi connectivity index (χ0) is 13.3. The quantitative estimate of drug-likeness (QED) is 0.290. The van der Waals surface area contributed by atoms with Crippen molar-refractivity contribution in [2.45, 2.75) is 25.6 Å². The van der Waals surface area contributed by atoms with Crippen LogP contribution in [0.25, 0.3) is 0 Å². The summed E-state index contributed by atoms with van der Waals surface area (Å²) < 4.78 is 10.8. The van der Waals surface area contributed by atoms with Crippen molar-refractivity contribution in [3.63, 3.8) is 0 Å². The van der Waals surface area contributed by atoms with Gasteiger partial charge in [0, 0.05) is 0 Å². The van der Waals surface area contributed by atoms with E-state index in [4.69, 9.17) is 9.47 Å². The summed E-state index contributed by atoms with van der Waals surface area (Å²) in [5.41, 5.74) is -0.760. The molecule has 0 aromatic rings. The molecule has 1 unspecified atom stereocenters. The second-order valence-electron chi connectivity index (χ2n) is 4.06. The molecule has 0 radical (unpaired) electrons. The van der Waals surface area contributed by atoms with Crippen molar-refractivity contribution in [1.29, 1.82) is 0 Å². The number of allylic oxidation sites excluding steroid dienone is 3. The molecule has 17 heavy (non-hydrogen) atoms. The minimum atomic E-state index is -0.760. The molecule has 96 valence electrons. The van der Waals surface area contributed by atoms with Gasteiger partial charge in [0.25, 0.3) is 0 Å². The fraction of sp³-hybridized carbons (Fsp3) is 0.429. The van der Waals surface area contributed by atoms with Gasteiger partial charge in [-0.2, -0.15) is 0 Å². The molecule has 3 heteroatoms. The Morgan fingerprint density at radius 1 is 1.35 bits per heavy atom. The molecule has 0 saturated carbocycles. The van der Waals surface area contributed by atoms with E-state index < -0.39 is 11.7 Å². The fourth-order valence-corrected chi connectivity index (χ4v) is 1.10. The number of aliphatic hydroxyl groups excluding tert-OH is 1. The van der Waals surface area contributed by atoms with Crippen molar-refractivity contribution in [2.24, 2.45) is 0 Å². The molecule has 3 nitrogen and oxygen atoms in total. The molecule has 0 aromatic heterocycles. The first kappa shape index (κ1) is 15.7. The summed E-state index contributed by atoms with van der Waals surface area (Å²) in [7, 11) is 0. The van der Waals surface area contributed by atoms with Gasteiger partial charge < -0.3 is 14.6 Å². The van der Waals surface area contributed by atoms with E-state index in [0.717, 1.165) is 0 Å². The molecule has 0 fully saturated rings. The van der Waals surface area contributed by atoms with E-state index in [0.29, 0.717) is 12.4 Å².